The van der Waals surface area contributed by atoms with Crippen LogP contribution in [0.25, 0.3) is 0 Å². The number of rotatable bonds is 3. The summed E-state index contributed by atoms with van der Waals surface area (Å²) in [4.78, 5) is 14.7. The molecule has 1 aromatic carbocycles. The molecule has 0 atom stereocenters. The third-order valence-electron chi connectivity index (χ3n) is 2.60. The third-order valence-corrected chi connectivity index (χ3v) is 2.60. The minimum Gasteiger partial charge on any atom is -0.507 e. The Kier molecular flexibility index (Phi) is 3.14. The molecule has 2 aromatic rings. The SMILES string of the molecule is Cc1cccc(C(=O)NCc2cc[nH]c2)c1O. The fraction of sp³-hybridized carbons (Fsp3) is 0.154. The van der Waals surface area contributed by atoms with Crippen molar-refractivity contribution in [2.45, 2.75) is 13.5 Å². The van der Waals surface area contributed by atoms with Gasteiger partial charge in [-0.25, -0.2) is 0 Å². The summed E-state index contributed by atoms with van der Waals surface area (Å²) < 4.78 is 0. The molecule has 88 valence electrons. The van der Waals surface area contributed by atoms with Crippen LogP contribution in [0.15, 0.2) is 36.7 Å². The molecule has 1 aromatic heterocycles. The molecule has 0 unspecified atom stereocenters. The van der Waals surface area contributed by atoms with Crippen LogP contribution in [-0.2, 0) is 6.54 Å². The van der Waals surface area contributed by atoms with Gasteiger partial charge >= 0.3 is 0 Å². The normalized spacial score (nSPS) is 10.2. The van der Waals surface area contributed by atoms with Gasteiger partial charge in [-0.05, 0) is 30.2 Å². The van der Waals surface area contributed by atoms with Crippen LogP contribution in [0.2, 0.25) is 0 Å². The third kappa shape index (κ3) is 2.47. The highest BCUT2D eigenvalue weighted by atomic mass is 16.3. The summed E-state index contributed by atoms with van der Waals surface area (Å²) in [6.45, 7) is 2.20. The highest BCUT2D eigenvalue weighted by molar-refractivity contribution is 5.97. The van der Waals surface area contributed by atoms with E-state index in [0.717, 1.165) is 5.56 Å². The zero-order valence-electron chi connectivity index (χ0n) is 9.53. The van der Waals surface area contributed by atoms with E-state index in [-0.39, 0.29) is 11.7 Å². The number of para-hydroxylation sites is 1. The van der Waals surface area contributed by atoms with Crippen molar-refractivity contribution in [2.75, 3.05) is 0 Å². The van der Waals surface area contributed by atoms with Crippen LogP contribution in [-0.4, -0.2) is 16.0 Å². The van der Waals surface area contributed by atoms with Gasteiger partial charge in [-0.2, -0.15) is 0 Å². The standard InChI is InChI=1S/C13H14N2O2/c1-9-3-2-4-11(12(9)16)13(17)15-8-10-5-6-14-7-10/h2-7,14,16H,8H2,1H3,(H,15,17). The molecular formula is C13H14N2O2. The number of phenolic OH excluding ortho intramolecular Hbond substituents is 1. The second-order valence-electron chi connectivity index (χ2n) is 3.87. The van der Waals surface area contributed by atoms with E-state index >= 15 is 0 Å². The van der Waals surface area contributed by atoms with E-state index in [1.165, 1.54) is 0 Å². The van der Waals surface area contributed by atoms with Crippen molar-refractivity contribution < 1.29 is 9.90 Å². The lowest BCUT2D eigenvalue weighted by atomic mass is 10.1. The number of benzene rings is 1. The molecule has 0 saturated carbocycles. The smallest absolute Gasteiger partial charge is 0.255 e. The molecule has 0 aliphatic carbocycles. The summed E-state index contributed by atoms with van der Waals surface area (Å²) in [6, 6.07) is 7.00. The summed E-state index contributed by atoms with van der Waals surface area (Å²) in [5, 5.41) is 12.5. The van der Waals surface area contributed by atoms with Crippen molar-refractivity contribution in [3.8, 4) is 5.75 Å². The highest BCUT2D eigenvalue weighted by Crippen LogP contribution is 2.21. The average Bonchev–Trinajstić information content (AvgIpc) is 2.82. The molecule has 1 heterocycles. The number of H-pyrrole nitrogens is 1. The first-order valence-electron chi connectivity index (χ1n) is 5.37. The van der Waals surface area contributed by atoms with Crippen LogP contribution in [0.5, 0.6) is 5.75 Å². The van der Waals surface area contributed by atoms with Crippen LogP contribution in [0.4, 0.5) is 0 Å². The number of carbonyl (C=O) groups excluding carboxylic acids is 1. The summed E-state index contributed by atoms with van der Waals surface area (Å²) in [5.74, 6) is -0.230. The van der Waals surface area contributed by atoms with Crippen LogP contribution in [0.1, 0.15) is 21.5 Å². The Hall–Kier alpha value is -2.23. The molecule has 17 heavy (non-hydrogen) atoms. The summed E-state index contributed by atoms with van der Waals surface area (Å²) >= 11 is 0. The number of aromatic amines is 1. The maximum atomic E-state index is 11.8. The number of nitrogens with one attached hydrogen (secondary N) is 2. The van der Waals surface area contributed by atoms with Gasteiger partial charge < -0.3 is 15.4 Å². The monoisotopic (exact) mass is 230 g/mol. The van der Waals surface area contributed by atoms with Gasteiger partial charge in [0.05, 0.1) is 5.56 Å². The van der Waals surface area contributed by atoms with E-state index in [1.807, 2.05) is 12.3 Å². The molecule has 0 aliphatic heterocycles. The van der Waals surface area contributed by atoms with Crippen LogP contribution < -0.4 is 5.32 Å². The molecule has 1 amide bonds. The Morgan fingerprint density at radius 1 is 1.41 bits per heavy atom. The number of carbonyl (C=O) groups is 1. The highest BCUT2D eigenvalue weighted by Gasteiger charge is 2.11. The molecule has 0 saturated heterocycles. The topological polar surface area (TPSA) is 65.1 Å². The molecule has 0 spiro atoms. The Morgan fingerprint density at radius 2 is 2.24 bits per heavy atom. The second-order valence-corrected chi connectivity index (χ2v) is 3.87. The molecule has 3 N–H and O–H groups in total. The Labute approximate surface area is 99.3 Å². The van der Waals surface area contributed by atoms with Gasteiger partial charge in [0.1, 0.15) is 5.75 Å². The predicted octanol–water partition coefficient (Wildman–Crippen LogP) is 1.96. The molecular weight excluding hydrogens is 216 g/mol. The maximum Gasteiger partial charge on any atom is 0.255 e. The Morgan fingerprint density at radius 3 is 2.94 bits per heavy atom. The van der Waals surface area contributed by atoms with E-state index in [1.54, 1.807) is 31.3 Å². The first kappa shape index (κ1) is 11.3. The van der Waals surface area contributed by atoms with Gasteiger partial charge in [0.15, 0.2) is 0 Å². The van der Waals surface area contributed by atoms with Gasteiger partial charge in [-0.3, -0.25) is 4.79 Å². The van der Waals surface area contributed by atoms with Gasteiger partial charge in [0, 0.05) is 18.9 Å². The van der Waals surface area contributed by atoms with E-state index in [2.05, 4.69) is 10.3 Å². The zero-order valence-corrected chi connectivity index (χ0v) is 9.53. The quantitative estimate of drug-likeness (QED) is 0.754. The molecule has 0 aliphatic rings. The van der Waals surface area contributed by atoms with Gasteiger partial charge in [0.25, 0.3) is 5.91 Å². The van der Waals surface area contributed by atoms with Gasteiger partial charge in [0.2, 0.25) is 0 Å². The summed E-state index contributed by atoms with van der Waals surface area (Å²) in [6.07, 6.45) is 3.61. The predicted molar refractivity (Wildman–Crippen MR) is 64.8 cm³/mol. The largest absolute Gasteiger partial charge is 0.507 e. The van der Waals surface area contributed by atoms with Crippen LogP contribution in [0, 0.1) is 6.92 Å². The summed E-state index contributed by atoms with van der Waals surface area (Å²) in [7, 11) is 0. The lowest BCUT2D eigenvalue weighted by Crippen LogP contribution is -2.22. The lowest BCUT2D eigenvalue weighted by molar-refractivity contribution is 0.0948. The fourth-order valence-electron chi connectivity index (χ4n) is 1.59. The molecule has 0 bridgehead atoms. The molecule has 4 nitrogen and oxygen atoms in total. The minimum absolute atomic E-state index is 0.0408. The number of aryl methyl sites for hydroxylation is 1. The number of amides is 1. The average molecular weight is 230 g/mol. The number of hydrogen-bond acceptors (Lipinski definition) is 2. The van der Waals surface area contributed by atoms with E-state index in [9.17, 15) is 9.90 Å². The number of aromatic nitrogens is 1. The molecule has 2 rings (SSSR count). The Balaban J connectivity index is 2.07. The maximum absolute atomic E-state index is 11.8. The van der Waals surface area contributed by atoms with Crippen molar-refractivity contribution in [2.24, 2.45) is 0 Å². The second kappa shape index (κ2) is 4.74. The molecule has 4 heteroatoms. The van der Waals surface area contributed by atoms with E-state index < -0.39 is 0 Å². The van der Waals surface area contributed by atoms with Crippen molar-refractivity contribution in [1.82, 2.24) is 10.3 Å². The number of hydrogen-bond donors (Lipinski definition) is 3. The zero-order chi connectivity index (χ0) is 12.3. The van der Waals surface area contributed by atoms with E-state index in [0.29, 0.717) is 17.7 Å². The van der Waals surface area contributed by atoms with Gasteiger partial charge in [-0.1, -0.05) is 12.1 Å². The first-order valence-corrected chi connectivity index (χ1v) is 5.37. The number of phenols is 1. The van der Waals surface area contributed by atoms with Gasteiger partial charge in [-0.15, -0.1) is 0 Å². The van der Waals surface area contributed by atoms with Crippen LogP contribution >= 0.6 is 0 Å². The van der Waals surface area contributed by atoms with Crippen molar-refractivity contribution in [3.63, 3.8) is 0 Å². The molecule has 0 fully saturated rings. The first-order chi connectivity index (χ1) is 8.18. The molecule has 0 radical (unpaired) electrons. The lowest BCUT2D eigenvalue weighted by Gasteiger charge is -2.07. The number of aromatic hydroxyl groups is 1. The van der Waals surface area contributed by atoms with Crippen molar-refractivity contribution in [3.05, 3.63) is 53.3 Å². The summed E-state index contributed by atoms with van der Waals surface area (Å²) in [5.41, 5.74) is 1.99. The minimum atomic E-state index is -0.271. The Bertz CT molecular complexity index is 518. The van der Waals surface area contributed by atoms with Crippen molar-refractivity contribution >= 4 is 5.91 Å². The van der Waals surface area contributed by atoms with Crippen molar-refractivity contribution in [1.29, 1.82) is 0 Å². The fourth-order valence-corrected chi connectivity index (χ4v) is 1.59. The van der Waals surface area contributed by atoms with Crippen LogP contribution in [0.3, 0.4) is 0 Å². The van der Waals surface area contributed by atoms with E-state index in [4.69, 9.17) is 0 Å².